The molecule has 1 unspecified atom stereocenters. The summed E-state index contributed by atoms with van der Waals surface area (Å²) in [5.41, 5.74) is 0. The fourth-order valence-corrected chi connectivity index (χ4v) is 2.05. The molecular formula is C11H16N2O3. The van der Waals surface area contributed by atoms with E-state index in [0.717, 1.165) is 6.42 Å². The van der Waals surface area contributed by atoms with Crippen LogP contribution in [0.4, 0.5) is 0 Å². The van der Waals surface area contributed by atoms with Crippen LogP contribution >= 0.6 is 0 Å². The summed E-state index contributed by atoms with van der Waals surface area (Å²) in [6.07, 6.45) is 3.00. The smallest absolute Gasteiger partial charge is 0.255 e. The van der Waals surface area contributed by atoms with Gasteiger partial charge in [0.15, 0.2) is 0 Å². The number of hydrogen-bond donors (Lipinski definition) is 2. The van der Waals surface area contributed by atoms with Gasteiger partial charge < -0.3 is 15.2 Å². The normalized spacial score (nSPS) is 34.4. The molecule has 1 saturated heterocycles. The van der Waals surface area contributed by atoms with E-state index in [2.05, 4.69) is 11.9 Å². The first-order chi connectivity index (χ1) is 7.63. The summed E-state index contributed by atoms with van der Waals surface area (Å²) in [4.78, 5) is 13.1. The standard InChI is InChI=1S/C11H16N2O3/c1-3-9-8(14)6-11(16-9)13-7(2)12-5-4-10(13)15/h4-5,8-9,11-12,14H,2-3,6H2,1H3/t8?,9-,11-/m1/s1. The molecule has 2 N–H and O–H groups in total. The summed E-state index contributed by atoms with van der Waals surface area (Å²) in [7, 11) is 0. The van der Waals surface area contributed by atoms with Gasteiger partial charge in [-0.05, 0) is 6.42 Å². The Morgan fingerprint density at radius 1 is 1.75 bits per heavy atom. The Kier molecular flexibility index (Phi) is 2.98. The third kappa shape index (κ3) is 1.83. The maximum absolute atomic E-state index is 11.7. The van der Waals surface area contributed by atoms with Crippen molar-refractivity contribution < 1.29 is 14.6 Å². The van der Waals surface area contributed by atoms with Gasteiger partial charge in [-0.15, -0.1) is 0 Å². The molecule has 0 spiro atoms. The van der Waals surface area contributed by atoms with Crippen LogP contribution in [0.2, 0.25) is 0 Å². The molecule has 2 heterocycles. The predicted molar refractivity (Wildman–Crippen MR) is 57.8 cm³/mol. The minimum absolute atomic E-state index is 0.169. The number of nitrogens with one attached hydrogen (secondary N) is 1. The highest BCUT2D eigenvalue weighted by Gasteiger charge is 2.39. The van der Waals surface area contributed by atoms with E-state index in [1.807, 2.05) is 6.92 Å². The first-order valence-corrected chi connectivity index (χ1v) is 5.42. The lowest BCUT2D eigenvalue weighted by molar-refractivity contribution is -0.137. The fourth-order valence-electron chi connectivity index (χ4n) is 2.05. The van der Waals surface area contributed by atoms with Gasteiger partial charge in [0, 0.05) is 18.7 Å². The van der Waals surface area contributed by atoms with Gasteiger partial charge in [0.05, 0.1) is 12.2 Å². The molecule has 3 atom stereocenters. The molecule has 2 aliphatic rings. The Morgan fingerprint density at radius 2 is 2.50 bits per heavy atom. The fraction of sp³-hybridized carbons (Fsp3) is 0.545. The highest BCUT2D eigenvalue weighted by Crippen LogP contribution is 2.27. The zero-order valence-electron chi connectivity index (χ0n) is 9.22. The van der Waals surface area contributed by atoms with Crippen molar-refractivity contribution in [3.63, 3.8) is 0 Å². The maximum Gasteiger partial charge on any atom is 0.255 e. The summed E-state index contributed by atoms with van der Waals surface area (Å²) < 4.78 is 5.62. The average molecular weight is 224 g/mol. The molecule has 0 saturated carbocycles. The molecule has 1 fully saturated rings. The summed E-state index contributed by atoms with van der Waals surface area (Å²) in [5.74, 6) is 0.319. The summed E-state index contributed by atoms with van der Waals surface area (Å²) in [6, 6.07) is 0. The Bertz CT molecular complexity index is 340. The molecule has 5 heteroatoms. The molecule has 0 aromatic rings. The first-order valence-electron chi connectivity index (χ1n) is 5.42. The van der Waals surface area contributed by atoms with Gasteiger partial charge in [-0.3, -0.25) is 9.69 Å². The van der Waals surface area contributed by atoms with Crippen molar-refractivity contribution in [1.82, 2.24) is 10.2 Å². The lowest BCUT2D eigenvalue weighted by Crippen LogP contribution is -2.44. The van der Waals surface area contributed by atoms with E-state index in [0.29, 0.717) is 12.2 Å². The molecule has 2 aliphatic heterocycles. The van der Waals surface area contributed by atoms with Crippen molar-refractivity contribution in [2.45, 2.75) is 38.2 Å². The van der Waals surface area contributed by atoms with Crippen LogP contribution in [0.1, 0.15) is 19.8 Å². The third-order valence-corrected chi connectivity index (χ3v) is 2.90. The number of carbonyl (C=O) groups is 1. The Balaban J connectivity index is 2.11. The Labute approximate surface area is 94.4 Å². The van der Waals surface area contributed by atoms with Crippen LogP contribution < -0.4 is 5.32 Å². The lowest BCUT2D eigenvalue weighted by Gasteiger charge is -2.31. The lowest BCUT2D eigenvalue weighted by atomic mass is 10.1. The van der Waals surface area contributed by atoms with Crippen molar-refractivity contribution in [1.29, 1.82) is 0 Å². The van der Waals surface area contributed by atoms with Crippen molar-refractivity contribution >= 4 is 5.91 Å². The number of aliphatic hydroxyl groups is 1. The molecule has 16 heavy (non-hydrogen) atoms. The van der Waals surface area contributed by atoms with Crippen LogP contribution in [0, 0.1) is 0 Å². The number of carbonyl (C=O) groups excluding carboxylic acids is 1. The summed E-state index contributed by atoms with van der Waals surface area (Å²) in [5, 5.41) is 12.6. The molecular weight excluding hydrogens is 208 g/mol. The second kappa shape index (κ2) is 4.27. The van der Waals surface area contributed by atoms with Crippen LogP contribution in [0.5, 0.6) is 0 Å². The van der Waals surface area contributed by atoms with Crippen LogP contribution in [-0.2, 0) is 9.53 Å². The first kappa shape index (κ1) is 11.2. The van der Waals surface area contributed by atoms with E-state index in [9.17, 15) is 9.90 Å². The largest absolute Gasteiger partial charge is 0.390 e. The Morgan fingerprint density at radius 3 is 3.06 bits per heavy atom. The average Bonchev–Trinajstić information content (AvgIpc) is 2.59. The van der Waals surface area contributed by atoms with Gasteiger partial charge in [-0.25, -0.2) is 0 Å². The summed E-state index contributed by atoms with van der Waals surface area (Å²) in [6.45, 7) is 5.69. The highest BCUT2D eigenvalue weighted by molar-refractivity contribution is 5.90. The van der Waals surface area contributed by atoms with Gasteiger partial charge in [-0.1, -0.05) is 13.5 Å². The van der Waals surface area contributed by atoms with E-state index >= 15 is 0 Å². The van der Waals surface area contributed by atoms with Crippen LogP contribution in [0.3, 0.4) is 0 Å². The maximum atomic E-state index is 11.7. The Hall–Kier alpha value is -1.33. The number of ether oxygens (including phenoxy) is 1. The van der Waals surface area contributed by atoms with Crippen molar-refractivity contribution in [3.05, 3.63) is 24.7 Å². The van der Waals surface area contributed by atoms with Gasteiger partial charge in [0.2, 0.25) is 0 Å². The number of nitrogens with zero attached hydrogens (tertiary/aromatic N) is 1. The van der Waals surface area contributed by atoms with Crippen molar-refractivity contribution in [3.8, 4) is 0 Å². The minimum atomic E-state index is -0.512. The number of hydrogen-bond acceptors (Lipinski definition) is 4. The molecule has 0 bridgehead atoms. The quantitative estimate of drug-likeness (QED) is 0.707. The molecule has 0 aromatic heterocycles. The number of rotatable bonds is 2. The molecule has 0 aliphatic carbocycles. The van der Waals surface area contributed by atoms with E-state index in [4.69, 9.17) is 4.74 Å². The van der Waals surface area contributed by atoms with E-state index in [1.54, 1.807) is 6.20 Å². The van der Waals surface area contributed by atoms with Crippen molar-refractivity contribution in [2.24, 2.45) is 0 Å². The monoisotopic (exact) mass is 224 g/mol. The third-order valence-electron chi connectivity index (χ3n) is 2.90. The van der Waals surface area contributed by atoms with Gasteiger partial charge >= 0.3 is 0 Å². The summed E-state index contributed by atoms with van der Waals surface area (Å²) >= 11 is 0. The zero-order chi connectivity index (χ0) is 11.7. The SMILES string of the molecule is C=C1NC=CC(=O)N1[C@H]1CC(O)[C@@H](CC)O1. The molecule has 1 amide bonds. The zero-order valence-corrected chi connectivity index (χ0v) is 9.22. The molecule has 2 rings (SSSR count). The van der Waals surface area contributed by atoms with E-state index in [1.165, 1.54) is 11.0 Å². The van der Waals surface area contributed by atoms with Gasteiger partial charge in [0.25, 0.3) is 5.91 Å². The number of amides is 1. The van der Waals surface area contributed by atoms with Crippen LogP contribution in [0.15, 0.2) is 24.7 Å². The molecule has 0 radical (unpaired) electrons. The molecule has 5 nitrogen and oxygen atoms in total. The van der Waals surface area contributed by atoms with Gasteiger partial charge in [-0.2, -0.15) is 0 Å². The van der Waals surface area contributed by atoms with E-state index in [-0.39, 0.29) is 12.0 Å². The second-order valence-electron chi connectivity index (χ2n) is 3.97. The highest BCUT2D eigenvalue weighted by atomic mass is 16.5. The predicted octanol–water partition coefficient (Wildman–Crippen LogP) is 0.289. The molecule has 88 valence electrons. The van der Waals surface area contributed by atoms with E-state index < -0.39 is 12.3 Å². The minimum Gasteiger partial charge on any atom is -0.390 e. The topological polar surface area (TPSA) is 61.8 Å². The van der Waals surface area contributed by atoms with Gasteiger partial charge in [0.1, 0.15) is 12.0 Å². The number of aliphatic hydroxyl groups excluding tert-OH is 1. The second-order valence-corrected chi connectivity index (χ2v) is 3.97. The van der Waals surface area contributed by atoms with Crippen LogP contribution in [-0.4, -0.2) is 34.3 Å². The van der Waals surface area contributed by atoms with Crippen molar-refractivity contribution in [2.75, 3.05) is 0 Å². The van der Waals surface area contributed by atoms with Crippen LogP contribution in [0.25, 0.3) is 0 Å². The molecule has 0 aromatic carbocycles.